The van der Waals surface area contributed by atoms with Gasteiger partial charge in [-0.2, -0.15) is 0 Å². The first-order valence-electron chi connectivity index (χ1n) is 14.3. The van der Waals surface area contributed by atoms with Crippen LogP contribution < -0.4 is 0 Å². The number of aldehydes is 1. The molecular weight excluding hydrogens is 599 g/mol. The number of nitrogens with zero attached hydrogens (tertiary/aromatic N) is 4. The van der Waals surface area contributed by atoms with Gasteiger partial charge in [-0.05, 0) is 78.3 Å². The van der Waals surface area contributed by atoms with Gasteiger partial charge < -0.3 is 33.7 Å². The third-order valence-corrected chi connectivity index (χ3v) is 6.31. The molecule has 1 aromatic carbocycles. The van der Waals surface area contributed by atoms with Crippen LogP contribution in [0.2, 0.25) is 10.0 Å². The quantitative estimate of drug-likeness (QED) is 0.239. The second-order valence-corrected chi connectivity index (χ2v) is 13.1. The summed E-state index contributed by atoms with van der Waals surface area (Å²) in [4.78, 5) is 52.5. The molecule has 0 saturated carbocycles. The molecule has 13 heteroatoms. The zero-order chi connectivity index (χ0) is 32.8. The second kappa shape index (κ2) is 18.1. The van der Waals surface area contributed by atoms with Crippen LogP contribution >= 0.6 is 23.2 Å². The van der Waals surface area contributed by atoms with Crippen molar-refractivity contribution in [3.8, 4) is 0 Å². The summed E-state index contributed by atoms with van der Waals surface area (Å²) in [6.07, 6.45) is 0.924. The Balaban J connectivity index is 0.000000599. The molecular formula is C30H48Cl2N4O7. The van der Waals surface area contributed by atoms with Crippen LogP contribution in [0.3, 0.4) is 0 Å². The van der Waals surface area contributed by atoms with Gasteiger partial charge in [0.05, 0.1) is 0 Å². The molecule has 1 aromatic rings. The van der Waals surface area contributed by atoms with E-state index < -0.39 is 17.3 Å². The molecule has 3 amide bonds. The lowest BCUT2D eigenvalue weighted by Crippen LogP contribution is -2.49. The molecule has 0 N–H and O–H groups in total. The minimum Gasteiger partial charge on any atom is -0.445 e. The van der Waals surface area contributed by atoms with Gasteiger partial charge in [-0.3, -0.25) is 4.90 Å². The second-order valence-electron chi connectivity index (χ2n) is 12.3. The molecule has 0 unspecified atom stereocenters. The molecule has 1 aliphatic heterocycles. The Morgan fingerprint density at radius 2 is 1.33 bits per heavy atom. The highest BCUT2D eigenvalue weighted by Crippen LogP contribution is 2.20. The summed E-state index contributed by atoms with van der Waals surface area (Å²) in [5, 5.41) is 1.03. The normalized spacial score (nSPS) is 13.8. The van der Waals surface area contributed by atoms with Crippen molar-refractivity contribution in [1.82, 2.24) is 19.6 Å². The summed E-state index contributed by atoms with van der Waals surface area (Å²) >= 11 is 11.9. The number of ether oxygens (including phenoxy) is 3. The van der Waals surface area contributed by atoms with Crippen molar-refractivity contribution < 1.29 is 33.4 Å². The topological polar surface area (TPSA) is 109 Å². The maximum atomic E-state index is 12.3. The van der Waals surface area contributed by atoms with Crippen molar-refractivity contribution in [2.75, 3.05) is 59.9 Å². The molecule has 0 aromatic heterocycles. The maximum Gasteiger partial charge on any atom is 0.410 e. The van der Waals surface area contributed by atoms with Gasteiger partial charge in [-0.25, -0.2) is 14.4 Å². The highest BCUT2D eigenvalue weighted by Gasteiger charge is 2.23. The molecule has 11 nitrogen and oxygen atoms in total. The van der Waals surface area contributed by atoms with Gasteiger partial charge in [-0.15, -0.1) is 0 Å². The van der Waals surface area contributed by atoms with Crippen LogP contribution in [0.1, 0.15) is 59.9 Å². The average Bonchev–Trinajstić information content (AvgIpc) is 2.88. The zero-order valence-electron chi connectivity index (χ0n) is 26.8. The van der Waals surface area contributed by atoms with Crippen LogP contribution in [-0.4, -0.2) is 115 Å². The highest BCUT2D eigenvalue weighted by atomic mass is 35.5. The van der Waals surface area contributed by atoms with Crippen LogP contribution in [0, 0.1) is 0 Å². The lowest BCUT2D eigenvalue weighted by molar-refractivity contribution is -0.108. The van der Waals surface area contributed by atoms with E-state index in [9.17, 15) is 19.2 Å². The van der Waals surface area contributed by atoms with Crippen LogP contribution in [0.15, 0.2) is 18.2 Å². The summed E-state index contributed by atoms with van der Waals surface area (Å²) in [7, 11) is 3.35. The lowest BCUT2D eigenvalue weighted by atomic mass is 10.2. The van der Waals surface area contributed by atoms with Crippen molar-refractivity contribution in [2.45, 2.75) is 72.2 Å². The number of hydrogen-bond acceptors (Lipinski definition) is 8. The SMILES string of the molecule is CN(CCC=O)C(=O)OC(C)(C)C.CN(CCCN1CCN(C(=O)OCc2cc(Cl)cc(Cl)c2)CC1)C(=O)OC(C)(C)C. The first-order valence-corrected chi connectivity index (χ1v) is 15.1. The van der Waals surface area contributed by atoms with Gasteiger partial charge in [0, 0.05) is 69.8 Å². The van der Waals surface area contributed by atoms with E-state index in [1.54, 1.807) is 62.9 Å². The van der Waals surface area contributed by atoms with E-state index in [2.05, 4.69) is 4.90 Å². The number of benzene rings is 1. The number of piperazine rings is 1. The summed E-state index contributed by atoms with van der Waals surface area (Å²) in [5.41, 5.74) is -0.212. The van der Waals surface area contributed by atoms with Gasteiger partial charge in [0.1, 0.15) is 24.1 Å². The summed E-state index contributed by atoms with van der Waals surface area (Å²) in [5.74, 6) is 0. The minimum atomic E-state index is -0.491. The smallest absolute Gasteiger partial charge is 0.410 e. The fourth-order valence-corrected chi connectivity index (χ4v) is 4.30. The van der Waals surface area contributed by atoms with Crippen molar-refractivity contribution in [2.24, 2.45) is 0 Å². The van der Waals surface area contributed by atoms with Crippen LogP contribution in [0.5, 0.6) is 0 Å². The molecule has 0 radical (unpaired) electrons. The van der Waals surface area contributed by atoms with Crippen molar-refractivity contribution >= 4 is 47.8 Å². The Bertz CT molecular complexity index is 1030. The predicted molar refractivity (Wildman–Crippen MR) is 168 cm³/mol. The van der Waals surface area contributed by atoms with E-state index in [0.717, 1.165) is 37.9 Å². The standard InChI is InChI=1S/C21H31Cl2N3O4.C9H17NO3/c1-21(2,3)30-19(27)24(4)6-5-7-25-8-10-26(11-9-25)20(28)29-15-16-12-17(22)14-18(23)13-16;1-9(2,3)13-8(12)10(4)6-5-7-11/h12-14H,5-11,15H2,1-4H3;7H,5-6H2,1-4H3. The zero-order valence-corrected chi connectivity index (χ0v) is 28.3. The lowest BCUT2D eigenvalue weighted by Gasteiger charge is -2.34. The first-order chi connectivity index (χ1) is 19.9. The Hall–Kier alpha value is -2.76. The van der Waals surface area contributed by atoms with Gasteiger partial charge in [0.25, 0.3) is 0 Å². The number of halogens is 2. The summed E-state index contributed by atoms with van der Waals surface area (Å²) in [6, 6.07) is 5.10. The fourth-order valence-electron chi connectivity index (χ4n) is 3.72. The fraction of sp³-hybridized carbons (Fsp3) is 0.667. The molecule has 0 spiro atoms. The van der Waals surface area contributed by atoms with E-state index in [1.165, 1.54) is 4.90 Å². The van der Waals surface area contributed by atoms with Crippen molar-refractivity contribution in [3.05, 3.63) is 33.8 Å². The van der Waals surface area contributed by atoms with E-state index in [1.807, 2.05) is 20.8 Å². The Morgan fingerprint density at radius 3 is 1.79 bits per heavy atom. The third kappa shape index (κ3) is 17.2. The number of carbonyl (C=O) groups is 4. The van der Waals surface area contributed by atoms with Gasteiger partial charge in [0.15, 0.2) is 0 Å². The predicted octanol–water partition coefficient (Wildman–Crippen LogP) is 5.95. The van der Waals surface area contributed by atoms with Gasteiger partial charge in [-0.1, -0.05) is 23.2 Å². The molecule has 1 heterocycles. The molecule has 1 aliphatic rings. The third-order valence-electron chi connectivity index (χ3n) is 5.88. The number of amides is 3. The van der Waals surface area contributed by atoms with Crippen molar-refractivity contribution in [3.63, 3.8) is 0 Å². The maximum absolute atomic E-state index is 12.3. The van der Waals surface area contributed by atoms with Crippen LogP contribution in [0.4, 0.5) is 14.4 Å². The minimum absolute atomic E-state index is 0.135. The van der Waals surface area contributed by atoms with Gasteiger partial charge in [0.2, 0.25) is 0 Å². The highest BCUT2D eigenvalue weighted by molar-refractivity contribution is 6.34. The Kier molecular flexibility index (Phi) is 16.1. The first kappa shape index (κ1) is 38.3. The molecule has 43 heavy (non-hydrogen) atoms. The van der Waals surface area contributed by atoms with Gasteiger partial charge >= 0.3 is 18.3 Å². The molecule has 2 rings (SSSR count). The molecule has 0 aliphatic carbocycles. The summed E-state index contributed by atoms with van der Waals surface area (Å²) < 4.78 is 15.8. The van der Waals surface area contributed by atoms with Crippen LogP contribution in [0.25, 0.3) is 0 Å². The molecule has 1 saturated heterocycles. The van der Waals surface area contributed by atoms with E-state index in [4.69, 9.17) is 37.4 Å². The Morgan fingerprint density at radius 1 is 0.837 bits per heavy atom. The molecule has 244 valence electrons. The number of rotatable bonds is 9. The van der Waals surface area contributed by atoms with E-state index >= 15 is 0 Å². The molecule has 0 atom stereocenters. The largest absolute Gasteiger partial charge is 0.445 e. The molecule has 0 bridgehead atoms. The van der Waals surface area contributed by atoms with Crippen molar-refractivity contribution in [1.29, 1.82) is 0 Å². The van der Waals surface area contributed by atoms with Crippen LogP contribution in [-0.2, 0) is 25.6 Å². The monoisotopic (exact) mass is 646 g/mol. The average molecular weight is 648 g/mol. The van der Waals surface area contributed by atoms with E-state index in [0.29, 0.717) is 42.6 Å². The molecule has 1 fully saturated rings. The Labute approximate surface area is 266 Å². The summed E-state index contributed by atoms with van der Waals surface area (Å²) in [6.45, 7) is 15.8. The van der Waals surface area contributed by atoms with E-state index in [-0.39, 0.29) is 18.8 Å². The number of carbonyl (C=O) groups excluding carboxylic acids is 4. The number of hydrogen-bond donors (Lipinski definition) is 0.